The molecule has 3 aromatic rings. The van der Waals surface area contributed by atoms with Gasteiger partial charge in [0.15, 0.2) is 0 Å². The van der Waals surface area contributed by atoms with Crippen LogP contribution in [0.5, 0.6) is 0 Å². The second-order valence-electron chi connectivity index (χ2n) is 8.58. The van der Waals surface area contributed by atoms with Crippen LogP contribution >= 0.6 is 0 Å². The number of Topliss-reactive ketones (excluding diaryl/α,β-unsaturated/α-hetero) is 1. The fraction of sp³-hybridized carbons (Fsp3) is 0.214. The molecular weight excluding hydrogens is 458 g/mol. The Morgan fingerprint density at radius 2 is 1.67 bits per heavy atom. The number of carbonyl (C=O) groups excluding carboxylic acids is 2. The van der Waals surface area contributed by atoms with E-state index in [-0.39, 0.29) is 16.8 Å². The van der Waals surface area contributed by atoms with Crippen molar-refractivity contribution < 1.29 is 19.6 Å². The summed E-state index contributed by atoms with van der Waals surface area (Å²) in [4.78, 5) is 40.9. The second-order valence-corrected chi connectivity index (χ2v) is 8.58. The van der Waals surface area contributed by atoms with Gasteiger partial charge >= 0.3 is 0 Å². The number of benzene rings is 3. The molecule has 1 fully saturated rings. The fourth-order valence-corrected chi connectivity index (χ4v) is 4.59. The number of amides is 1. The Hall–Kier alpha value is -4.46. The minimum atomic E-state index is -0.900. The summed E-state index contributed by atoms with van der Waals surface area (Å²) in [6, 6.07) is 19.2. The smallest absolute Gasteiger partial charge is 0.300 e. The zero-order valence-corrected chi connectivity index (χ0v) is 20.3. The summed E-state index contributed by atoms with van der Waals surface area (Å²) in [6.45, 7) is 7.66. The third-order valence-electron chi connectivity index (χ3n) is 6.39. The summed E-state index contributed by atoms with van der Waals surface area (Å²) in [5.74, 6) is -2.08. The van der Waals surface area contributed by atoms with Crippen molar-refractivity contribution in [2.24, 2.45) is 0 Å². The predicted molar refractivity (Wildman–Crippen MR) is 139 cm³/mol. The first-order chi connectivity index (χ1) is 17.3. The van der Waals surface area contributed by atoms with E-state index in [0.29, 0.717) is 11.3 Å². The Morgan fingerprint density at radius 1 is 1.00 bits per heavy atom. The molecule has 1 N–H and O–H groups in total. The van der Waals surface area contributed by atoms with Gasteiger partial charge in [0, 0.05) is 42.2 Å². The van der Waals surface area contributed by atoms with E-state index >= 15 is 0 Å². The molecule has 0 spiro atoms. The monoisotopic (exact) mass is 485 g/mol. The Kier molecular flexibility index (Phi) is 6.87. The summed E-state index contributed by atoms with van der Waals surface area (Å²) < 4.78 is 0. The van der Waals surface area contributed by atoms with Crippen LogP contribution in [0, 0.1) is 17.0 Å². The predicted octanol–water partition coefficient (Wildman–Crippen LogP) is 5.38. The molecule has 0 radical (unpaired) electrons. The van der Waals surface area contributed by atoms with Gasteiger partial charge in [-0.15, -0.1) is 0 Å². The van der Waals surface area contributed by atoms with Gasteiger partial charge in [0.25, 0.3) is 17.4 Å². The maximum Gasteiger partial charge on any atom is 0.300 e. The molecule has 0 aliphatic carbocycles. The molecule has 36 heavy (non-hydrogen) atoms. The number of rotatable bonds is 7. The molecule has 1 unspecified atom stereocenters. The average molecular weight is 486 g/mol. The summed E-state index contributed by atoms with van der Waals surface area (Å²) >= 11 is 0. The first-order valence-electron chi connectivity index (χ1n) is 11.7. The summed E-state index contributed by atoms with van der Waals surface area (Å²) in [5.41, 5.74) is 2.82. The lowest BCUT2D eigenvalue weighted by atomic mass is 9.94. The number of aliphatic hydroxyl groups excluding tert-OH is 1. The van der Waals surface area contributed by atoms with Gasteiger partial charge in [-0.2, -0.15) is 0 Å². The molecule has 1 aliphatic heterocycles. The van der Waals surface area contributed by atoms with Crippen molar-refractivity contribution in [1.29, 1.82) is 0 Å². The number of ketones is 1. The average Bonchev–Trinajstić information content (AvgIpc) is 3.15. The van der Waals surface area contributed by atoms with E-state index in [1.54, 1.807) is 18.2 Å². The molecule has 8 heteroatoms. The van der Waals surface area contributed by atoms with E-state index in [9.17, 15) is 24.8 Å². The molecule has 1 saturated heterocycles. The molecule has 0 aromatic heterocycles. The van der Waals surface area contributed by atoms with Gasteiger partial charge in [-0.05, 0) is 50.6 Å². The topological polar surface area (TPSA) is 104 Å². The number of aliphatic hydroxyl groups is 1. The number of hydrogen-bond acceptors (Lipinski definition) is 6. The molecule has 1 atom stereocenters. The van der Waals surface area contributed by atoms with Crippen LogP contribution in [0.2, 0.25) is 0 Å². The van der Waals surface area contributed by atoms with Crippen molar-refractivity contribution in [1.82, 2.24) is 0 Å². The first kappa shape index (κ1) is 24.7. The van der Waals surface area contributed by atoms with Crippen molar-refractivity contribution in [2.45, 2.75) is 26.8 Å². The van der Waals surface area contributed by atoms with E-state index in [2.05, 4.69) is 18.7 Å². The van der Waals surface area contributed by atoms with Gasteiger partial charge in [0.1, 0.15) is 5.76 Å². The Morgan fingerprint density at radius 3 is 2.28 bits per heavy atom. The Balaban J connectivity index is 1.89. The van der Waals surface area contributed by atoms with Crippen LogP contribution in [0.1, 0.15) is 36.6 Å². The molecule has 4 rings (SSSR count). The Bertz CT molecular complexity index is 1360. The highest BCUT2D eigenvalue weighted by molar-refractivity contribution is 6.51. The van der Waals surface area contributed by atoms with Crippen molar-refractivity contribution in [2.75, 3.05) is 22.9 Å². The van der Waals surface area contributed by atoms with Gasteiger partial charge in [-0.3, -0.25) is 24.6 Å². The van der Waals surface area contributed by atoms with Gasteiger partial charge in [-0.25, -0.2) is 0 Å². The number of nitro groups is 1. The molecule has 3 aromatic carbocycles. The zero-order chi connectivity index (χ0) is 26.0. The fourth-order valence-electron chi connectivity index (χ4n) is 4.59. The van der Waals surface area contributed by atoms with Crippen LogP contribution in [0.25, 0.3) is 5.76 Å². The maximum absolute atomic E-state index is 13.3. The van der Waals surface area contributed by atoms with Crippen LogP contribution in [0.3, 0.4) is 0 Å². The highest BCUT2D eigenvalue weighted by atomic mass is 16.6. The minimum absolute atomic E-state index is 0.0942. The van der Waals surface area contributed by atoms with E-state index in [1.807, 2.05) is 37.3 Å². The second kappa shape index (κ2) is 10.0. The van der Waals surface area contributed by atoms with Gasteiger partial charge in [-0.1, -0.05) is 42.0 Å². The highest BCUT2D eigenvalue weighted by Gasteiger charge is 2.47. The minimum Gasteiger partial charge on any atom is -0.507 e. The van der Waals surface area contributed by atoms with Crippen molar-refractivity contribution in [3.8, 4) is 0 Å². The van der Waals surface area contributed by atoms with Gasteiger partial charge in [0.05, 0.1) is 16.5 Å². The van der Waals surface area contributed by atoms with Crippen LogP contribution in [-0.4, -0.2) is 34.8 Å². The SMILES string of the molecule is CCN(CC)c1ccc(N2C(=O)C(=O)/C(=C(\O)c3cccc([N+](=O)[O-])c3)C2c2cccc(C)c2)cc1. The number of hydrogen-bond donors (Lipinski definition) is 1. The number of nitrogens with zero attached hydrogens (tertiary/aromatic N) is 3. The van der Waals surface area contributed by atoms with Crippen LogP contribution in [0.15, 0.2) is 78.4 Å². The van der Waals surface area contributed by atoms with Gasteiger partial charge < -0.3 is 10.0 Å². The van der Waals surface area contributed by atoms with Gasteiger partial charge in [0.2, 0.25) is 0 Å². The Labute approximate surface area is 209 Å². The van der Waals surface area contributed by atoms with Crippen LogP contribution < -0.4 is 9.80 Å². The molecule has 1 aliphatic rings. The summed E-state index contributed by atoms with van der Waals surface area (Å²) in [5, 5.41) is 22.5. The number of anilines is 2. The van der Waals surface area contributed by atoms with E-state index in [4.69, 9.17) is 0 Å². The standard InChI is InChI=1S/C28H27N3O5/c1-4-29(5-2)21-12-14-22(15-13-21)30-25(19-9-6-8-18(3)16-19)24(27(33)28(30)34)26(32)20-10-7-11-23(17-20)31(35)36/h6-17,25,32H,4-5H2,1-3H3/b26-24-. The summed E-state index contributed by atoms with van der Waals surface area (Å²) in [6.07, 6.45) is 0. The third kappa shape index (κ3) is 4.45. The molecule has 1 heterocycles. The molecular formula is C28H27N3O5. The zero-order valence-electron chi connectivity index (χ0n) is 20.3. The largest absolute Gasteiger partial charge is 0.507 e. The number of nitro benzene ring substituents is 1. The quantitative estimate of drug-likeness (QED) is 0.159. The maximum atomic E-state index is 13.3. The lowest BCUT2D eigenvalue weighted by Gasteiger charge is -2.27. The first-order valence-corrected chi connectivity index (χ1v) is 11.7. The van der Waals surface area contributed by atoms with Crippen molar-refractivity contribution >= 4 is 34.5 Å². The molecule has 8 nitrogen and oxygen atoms in total. The van der Waals surface area contributed by atoms with E-state index in [0.717, 1.165) is 24.3 Å². The van der Waals surface area contributed by atoms with E-state index < -0.39 is 28.4 Å². The highest BCUT2D eigenvalue weighted by Crippen LogP contribution is 2.42. The number of aryl methyl sites for hydroxylation is 1. The van der Waals surface area contributed by atoms with Crippen molar-refractivity contribution in [3.63, 3.8) is 0 Å². The number of non-ortho nitro benzene ring substituents is 1. The normalized spacial score (nSPS) is 16.9. The lowest BCUT2D eigenvalue weighted by Crippen LogP contribution is -2.29. The lowest BCUT2D eigenvalue weighted by molar-refractivity contribution is -0.384. The van der Waals surface area contributed by atoms with Crippen LogP contribution in [-0.2, 0) is 9.59 Å². The molecule has 0 saturated carbocycles. The molecule has 1 amide bonds. The third-order valence-corrected chi connectivity index (χ3v) is 6.39. The van der Waals surface area contributed by atoms with E-state index in [1.165, 1.54) is 29.2 Å². The molecule has 0 bridgehead atoms. The van der Waals surface area contributed by atoms with Crippen molar-refractivity contribution in [3.05, 3.63) is 105 Å². The summed E-state index contributed by atoms with van der Waals surface area (Å²) in [7, 11) is 0. The van der Waals surface area contributed by atoms with Crippen LogP contribution in [0.4, 0.5) is 17.1 Å². The number of carbonyl (C=O) groups is 2. The molecule has 184 valence electrons.